The Hall–Kier alpha value is -3.67. The number of aryl methyl sites for hydroxylation is 1. The predicted molar refractivity (Wildman–Crippen MR) is 112 cm³/mol. The van der Waals surface area contributed by atoms with Crippen LogP contribution >= 0.6 is 0 Å². The van der Waals surface area contributed by atoms with Crippen LogP contribution < -0.4 is 15.0 Å². The van der Waals surface area contributed by atoms with E-state index in [1.165, 1.54) is 6.92 Å². The molecular formula is C23H21N3O3. The van der Waals surface area contributed by atoms with Crippen LogP contribution in [0.25, 0.3) is 0 Å². The molecule has 2 aromatic carbocycles. The molecule has 6 nitrogen and oxygen atoms in total. The average Bonchev–Trinajstić information content (AvgIpc) is 2.74. The second-order valence-corrected chi connectivity index (χ2v) is 6.94. The Labute approximate surface area is 169 Å². The van der Waals surface area contributed by atoms with Crippen molar-refractivity contribution in [3.05, 3.63) is 77.5 Å². The van der Waals surface area contributed by atoms with Gasteiger partial charge in [-0.25, -0.2) is 4.98 Å². The van der Waals surface area contributed by atoms with Crippen molar-refractivity contribution >= 4 is 28.9 Å². The second kappa shape index (κ2) is 7.75. The van der Waals surface area contributed by atoms with Crippen LogP contribution in [0.4, 0.5) is 17.2 Å². The molecule has 0 radical (unpaired) electrons. The van der Waals surface area contributed by atoms with Crippen molar-refractivity contribution in [3.8, 4) is 5.75 Å². The summed E-state index contributed by atoms with van der Waals surface area (Å²) in [4.78, 5) is 30.9. The van der Waals surface area contributed by atoms with Gasteiger partial charge in [0.15, 0.2) is 11.5 Å². The van der Waals surface area contributed by atoms with Gasteiger partial charge in [0.25, 0.3) is 5.91 Å². The number of benzene rings is 2. The third-order valence-electron chi connectivity index (χ3n) is 4.81. The predicted octanol–water partition coefficient (Wildman–Crippen LogP) is 4.38. The zero-order valence-corrected chi connectivity index (χ0v) is 16.3. The van der Waals surface area contributed by atoms with Crippen molar-refractivity contribution in [2.45, 2.75) is 13.8 Å². The van der Waals surface area contributed by atoms with Crippen LogP contribution in [0.3, 0.4) is 0 Å². The Morgan fingerprint density at radius 3 is 2.55 bits per heavy atom. The smallest absolute Gasteiger partial charge is 0.259 e. The molecule has 1 aliphatic rings. The van der Waals surface area contributed by atoms with E-state index in [1.54, 1.807) is 30.3 Å². The van der Waals surface area contributed by atoms with Gasteiger partial charge in [0.05, 0.1) is 17.8 Å². The van der Waals surface area contributed by atoms with Crippen LogP contribution in [0.15, 0.2) is 60.8 Å². The van der Waals surface area contributed by atoms with Crippen LogP contribution in [0.1, 0.15) is 33.2 Å². The van der Waals surface area contributed by atoms with E-state index in [0.717, 1.165) is 17.1 Å². The molecule has 1 aromatic heterocycles. The van der Waals surface area contributed by atoms with E-state index < -0.39 is 0 Å². The highest BCUT2D eigenvalue weighted by Gasteiger charge is 2.25. The molecule has 0 bridgehead atoms. The number of rotatable bonds is 4. The number of nitrogens with one attached hydrogen (secondary N) is 1. The number of carbonyl (C=O) groups excluding carboxylic acids is 2. The van der Waals surface area contributed by atoms with Crippen LogP contribution in [-0.2, 0) is 0 Å². The molecule has 146 valence electrons. The minimum absolute atomic E-state index is 0.0155. The molecule has 4 rings (SSSR count). The third kappa shape index (κ3) is 3.82. The Balaban J connectivity index is 1.62. The lowest BCUT2D eigenvalue weighted by Gasteiger charge is -2.31. The van der Waals surface area contributed by atoms with E-state index in [-0.39, 0.29) is 11.7 Å². The number of hydrogen-bond donors (Lipinski definition) is 1. The van der Waals surface area contributed by atoms with Gasteiger partial charge in [0.1, 0.15) is 12.4 Å². The Bertz CT molecular complexity index is 1060. The molecular weight excluding hydrogens is 366 g/mol. The summed E-state index contributed by atoms with van der Waals surface area (Å²) in [5, 5.41) is 2.87. The van der Waals surface area contributed by atoms with Gasteiger partial charge < -0.3 is 15.0 Å². The maximum atomic E-state index is 12.9. The number of hydrogen-bond acceptors (Lipinski definition) is 5. The molecule has 0 saturated carbocycles. The highest BCUT2D eigenvalue weighted by atomic mass is 16.5. The van der Waals surface area contributed by atoms with Gasteiger partial charge in [-0.3, -0.25) is 9.59 Å². The number of pyridine rings is 1. The fraction of sp³-hybridized carbons (Fsp3) is 0.174. The fourth-order valence-electron chi connectivity index (χ4n) is 3.27. The van der Waals surface area contributed by atoms with Crippen LogP contribution in [0.2, 0.25) is 0 Å². The molecule has 0 atom stereocenters. The molecule has 1 N–H and O–H groups in total. The summed E-state index contributed by atoms with van der Waals surface area (Å²) in [6, 6.07) is 16.3. The number of amides is 1. The topological polar surface area (TPSA) is 71.5 Å². The first-order valence-corrected chi connectivity index (χ1v) is 9.41. The van der Waals surface area contributed by atoms with Crippen molar-refractivity contribution in [3.63, 3.8) is 0 Å². The van der Waals surface area contributed by atoms with Gasteiger partial charge in [-0.2, -0.15) is 0 Å². The normalized spacial score (nSPS) is 12.7. The van der Waals surface area contributed by atoms with Gasteiger partial charge in [-0.1, -0.05) is 12.1 Å². The first-order chi connectivity index (χ1) is 14.0. The minimum atomic E-state index is -0.267. The van der Waals surface area contributed by atoms with E-state index in [1.807, 2.05) is 37.4 Å². The van der Waals surface area contributed by atoms with E-state index >= 15 is 0 Å². The number of fused-ring (bicyclic) bond motifs is 1. The van der Waals surface area contributed by atoms with Gasteiger partial charge in [0, 0.05) is 17.4 Å². The van der Waals surface area contributed by atoms with Crippen LogP contribution in [-0.4, -0.2) is 29.8 Å². The third-order valence-corrected chi connectivity index (χ3v) is 4.81. The number of aromatic nitrogens is 1. The van der Waals surface area contributed by atoms with Gasteiger partial charge in [-0.15, -0.1) is 0 Å². The Morgan fingerprint density at radius 2 is 1.86 bits per heavy atom. The van der Waals surface area contributed by atoms with Crippen molar-refractivity contribution in [1.82, 2.24) is 4.98 Å². The quantitative estimate of drug-likeness (QED) is 0.673. The number of carbonyl (C=O) groups is 2. The number of anilines is 3. The van der Waals surface area contributed by atoms with Gasteiger partial charge >= 0.3 is 0 Å². The Morgan fingerprint density at radius 1 is 1.07 bits per heavy atom. The molecule has 0 fully saturated rings. The molecule has 1 aliphatic heterocycles. The zero-order valence-electron chi connectivity index (χ0n) is 16.3. The summed E-state index contributed by atoms with van der Waals surface area (Å²) >= 11 is 0. The molecule has 0 unspecified atom stereocenters. The second-order valence-electron chi connectivity index (χ2n) is 6.94. The molecule has 0 saturated heterocycles. The lowest BCUT2D eigenvalue weighted by atomic mass is 10.1. The van der Waals surface area contributed by atoms with Gasteiger partial charge in [-0.05, 0) is 61.9 Å². The molecule has 1 amide bonds. The van der Waals surface area contributed by atoms with Crippen molar-refractivity contribution in [2.75, 3.05) is 23.4 Å². The van der Waals surface area contributed by atoms with E-state index in [4.69, 9.17) is 4.74 Å². The summed E-state index contributed by atoms with van der Waals surface area (Å²) in [5.74, 6) is 1.07. The largest absolute Gasteiger partial charge is 0.489 e. The van der Waals surface area contributed by atoms with Crippen molar-refractivity contribution < 1.29 is 14.3 Å². The molecule has 6 heteroatoms. The number of Topliss-reactive ketones (excluding diaryl/α,β-unsaturated/α-hetero) is 1. The lowest BCUT2D eigenvalue weighted by molar-refractivity contribution is 0.101. The van der Waals surface area contributed by atoms with E-state index in [2.05, 4.69) is 15.2 Å². The minimum Gasteiger partial charge on any atom is -0.489 e. The highest BCUT2D eigenvalue weighted by Crippen LogP contribution is 2.38. The number of ether oxygens (including phenoxy) is 1. The molecule has 0 aliphatic carbocycles. The first kappa shape index (κ1) is 18.7. The van der Waals surface area contributed by atoms with E-state index in [9.17, 15) is 9.59 Å². The summed E-state index contributed by atoms with van der Waals surface area (Å²) in [6.07, 6.45) is 1.83. The lowest BCUT2D eigenvalue weighted by Crippen LogP contribution is -2.30. The summed E-state index contributed by atoms with van der Waals surface area (Å²) in [5.41, 5.74) is 3.57. The van der Waals surface area contributed by atoms with Crippen LogP contribution in [0.5, 0.6) is 5.75 Å². The summed E-state index contributed by atoms with van der Waals surface area (Å²) < 4.78 is 5.86. The molecule has 0 spiro atoms. The van der Waals surface area contributed by atoms with Crippen LogP contribution in [0, 0.1) is 6.92 Å². The maximum absolute atomic E-state index is 12.9. The van der Waals surface area contributed by atoms with Crippen molar-refractivity contribution in [2.24, 2.45) is 0 Å². The number of nitrogens with zero attached hydrogens (tertiary/aromatic N) is 2. The number of ketones is 1. The van der Waals surface area contributed by atoms with E-state index in [0.29, 0.717) is 35.7 Å². The summed E-state index contributed by atoms with van der Waals surface area (Å²) in [6.45, 7) is 4.62. The Kier molecular flexibility index (Phi) is 4.99. The zero-order chi connectivity index (χ0) is 20.4. The number of para-hydroxylation sites is 1. The molecule has 2 heterocycles. The monoisotopic (exact) mass is 387 g/mol. The molecule has 3 aromatic rings. The SMILES string of the molecule is CC(=O)c1ccc(NC(=O)c2cccc3c2OCCN3c2ccc(C)cn2)cc1. The standard InChI is InChI=1S/C23H21N3O3/c1-15-6-11-21(24-14-15)26-12-13-29-22-19(4-3-5-20(22)26)23(28)25-18-9-7-17(8-10-18)16(2)27/h3-11,14H,12-13H2,1-2H3,(H,25,28). The van der Waals surface area contributed by atoms with Gasteiger partial charge in [0.2, 0.25) is 0 Å². The maximum Gasteiger partial charge on any atom is 0.259 e. The fourth-order valence-corrected chi connectivity index (χ4v) is 3.27. The molecule has 29 heavy (non-hydrogen) atoms. The highest BCUT2D eigenvalue weighted by molar-refractivity contribution is 6.08. The first-order valence-electron chi connectivity index (χ1n) is 9.41. The average molecular weight is 387 g/mol. The van der Waals surface area contributed by atoms with Crippen molar-refractivity contribution in [1.29, 1.82) is 0 Å². The summed E-state index contributed by atoms with van der Waals surface area (Å²) in [7, 11) is 0.